The topological polar surface area (TPSA) is 78.4 Å². The van der Waals surface area contributed by atoms with Gasteiger partial charge in [-0.25, -0.2) is 0 Å². The first-order valence-electron chi connectivity index (χ1n) is 8.14. The maximum absolute atomic E-state index is 5.65. The molecular weight excluding hydrogens is 332 g/mol. The van der Waals surface area contributed by atoms with Crippen LogP contribution in [0.2, 0.25) is 0 Å². The molecule has 7 heteroatoms. The average molecular weight is 352 g/mol. The number of hydrogen-bond acceptors (Lipinski definition) is 7. The first kappa shape index (κ1) is 17.5. The number of rotatable bonds is 8. The molecule has 1 aromatic heterocycles. The van der Waals surface area contributed by atoms with Crippen LogP contribution in [0.1, 0.15) is 0 Å². The van der Waals surface area contributed by atoms with E-state index in [4.69, 9.17) is 14.2 Å². The Balaban J connectivity index is 1.66. The molecule has 0 unspecified atom stereocenters. The molecule has 1 heterocycles. The van der Waals surface area contributed by atoms with Crippen LogP contribution < -0.4 is 19.5 Å². The number of nitrogens with one attached hydrogen (secondary N) is 1. The van der Waals surface area contributed by atoms with Gasteiger partial charge in [0.1, 0.15) is 18.1 Å². The molecule has 0 aliphatic rings. The zero-order valence-electron chi connectivity index (χ0n) is 14.7. The summed E-state index contributed by atoms with van der Waals surface area (Å²) in [6.07, 6.45) is 0. The van der Waals surface area contributed by atoms with Crippen molar-refractivity contribution < 1.29 is 14.2 Å². The smallest absolute Gasteiger partial charge is 0.321 e. The summed E-state index contributed by atoms with van der Waals surface area (Å²) in [5, 5.41) is 3.13. The lowest BCUT2D eigenvalue weighted by Gasteiger charge is -2.09. The number of hydrogen-bond donors (Lipinski definition) is 1. The highest BCUT2D eigenvalue weighted by Crippen LogP contribution is 2.21. The molecule has 0 amide bonds. The van der Waals surface area contributed by atoms with Crippen LogP contribution in [0.5, 0.6) is 17.5 Å². The van der Waals surface area contributed by atoms with E-state index < -0.39 is 0 Å². The zero-order chi connectivity index (χ0) is 18.2. The molecule has 7 nitrogen and oxygen atoms in total. The minimum atomic E-state index is 0.247. The van der Waals surface area contributed by atoms with E-state index in [1.807, 2.05) is 54.6 Å². The molecule has 134 valence electrons. The second-order valence-corrected chi connectivity index (χ2v) is 5.29. The standard InChI is InChI=1S/C19H20N4O3/c1-24-15-10-8-14(9-11-15)17-21-18(23-19(22-17)25-2)20-12-13-26-16-6-4-3-5-7-16/h3-11H,12-13H2,1-2H3,(H,20,21,22,23). The van der Waals surface area contributed by atoms with E-state index >= 15 is 0 Å². The van der Waals surface area contributed by atoms with Gasteiger partial charge in [-0.15, -0.1) is 0 Å². The zero-order valence-corrected chi connectivity index (χ0v) is 14.7. The van der Waals surface area contributed by atoms with Gasteiger partial charge in [0.2, 0.25) is 5.95 Å². The quantitative estimate of drug-likeness (QED) is 0.624. The molecule has 0 saturated carbocycles. The van der Waals surface area contributed by atoms with Crippen LogP contribution in [-0.4, -0.2) is 42.3 Å². The van der Waals surface area contributed by atoms with Gasteiger partial charge in [-0.1, -0.05) is 18.2 Å². The number of anilines is 1. The van der Waals surface area contributed by atoms with Gasteiger partial charge in [-0.05, 0) is 36.4 Å². The third kappa shape index (κ3) is 4.60. The molecule has 0 saturated heterocycles. The summed E-state index contributed by atoms with van der Waals surface area (Å²) in [4.78, 5) is 13.0. The van der Waals surface area contributed by atoms with Gasteiger partial charge in [-0.3, -0.25) is 0 Å². The minimum absolute atomic E-state index is 0.247. The van der Waals surface area contributed by atoms with Gasteiger partial charge in [0.25, 0.3) is 0 Å². The Bertz CT molecular complexity index is 826. The summed E-state index contributed by atoms with van der Waals surface area (Å²) < 4.78 is 16.0. The van der Waals surface area contributed by atoms with Crippen molar-refractivity contribution in [2.45, 2.75) is 0 Å². The number of para-hydroxylation sites is 1. The largest absolute Gasteiger partial charge is 0.497 e. The van der Waals surface area contributed by atoms with Crippen LogP contribution in [0.25, 0.3) is 11.4 Å². The molecule has 0 fully saturated rings. The molecule has 0 radical (unpaired) electrons. The van der Waals surface area contributed by atoms with Crippen molar-refractivity contribution in [2.75, 3.05) is 32.7 Å². The van der Waals surface area contributed by atoms with Crippen molar-refractivity contribution in [2.24, 2.45) is 0 Å². The third-order valence-electron chi connectivity index (χ3n) is 3.54. The first-order valence-corrected chi connectivity index (χ1v) is 8.14. The number of ether oxygens (including phenoxy) is 3. The summed E-state index contributed by atoms with van der Waals surface area (Å²) in [6.45, 7) is 1.03. The predicted molar refractivity (Wildman–Crippen MR) is 98.8 cm³/mol. The highest BCUT2D eigenvalue weighted by atomic mass is 16.5. The summed E-state index contributed by atoms with van der Waals surface area (Å²) in [7, 11) is 3.15. The van der Waals surface area contributed by atoms with Gasteiger partial charge in [0.15, 0.2) is 5.82 Å². The molecule has 3 aromatic rings. The van der Waals surface area contributed by atoms with Crippen molar-refractivity contribution in [3.8, 4) is 28.9 Å². The van der Waals surface area contributed by atoms with Crippen LogP contribution in [0.3, 0.4) is 0 Å². The normalized spacial score (nSPS) is 10.2. The first-order chi connectivity index (χ1) is 12.8. The van der Waals surface area contributed by atoms with Gasteiger partial charge in [0, 0.05) is 5.56 Å². The fourth-order valence-corrected chi connectivity index (χ4v) is 2.24. The lowest BCUT2D eigenvalue weighted by molar-refractivity contribution is 0.332. The molecule has 0 bridgehead atoms. The Kier molecular flexibility index (Phi) is 5.82. The van der Waals surface area contributed by atoms with Crippen LogP contribution in [-0.2, 0) is 0 Å². The molecule has 26 heavy (non-hydrogen) atoms. The van der Waals surface area contributed by atoms with Crippen molar-refractivity contribution in [1.29, 1.82) is 0 Å². The predicted octanol–water partition coefficient (Wildman–Crippen LogP) is 3.05. The Morgan fingerprint density at radius 3 is 2.27 bits per heavy atom. The number of aromatic nitrogens is 3. The molecule has 1 N–H and O–H groups in total. The Morgan fingerprint density at radius 2 is 1.58 bits per heavy atom. The maximum atomic E-state index is 5.65. The van der Waals surface area contributed by atoms with E-state index in [1.54, 1.807) is 7.11 Å². The van der Waals surface area contributed by atoms with Crippen LogP contribution in [0.4, 0.5) is 5.95 Å². The van der Waals surface area contributed by atoms with Crippen molar-refractivity contribution in [1.82, 2.24) is 15.0 Å². The van der Waals surface area contributed by atoms with Gasteiger partial charge >= 0.3 is 6.01 Å². The van der Waals surface area contributed by atoms with Gasteiger partial charge in [-0.2, -0.15) is 15.0 Å². The third-order valence-corrected chi connectivity index (χ3v) is 3.54. The Hall–Kier alpha value is -3.35. The minimum Gasteiger partial charge on any atom is -0.497 e. The summed E-state index contributed by atoms with van der Waals surface area (Å²) in [6, 6.07) is 17.4. The van der Waals surface area contributed by atoms with Crippen LogP contribution in [0, 0.1) is 0 Å². The van der Waals surface area contributed by atoms with E-state index in [-0.39, 0.29) is 6.01 Å². The fourth-order valence-electron chi connectivity index (χ4n) is 2.24. The van der Waals surface area contributed by atoms with E-state index in [0.717, 1.165) is 17.1 Å². The summed E-state index contributed by atoms with van der Waals surface area (Å²) in [5.74, 6) is 2.54. The Labute approximate surface area is 152 Å². The average Bonchev–Trinajstić information content (AvgIpc) is 2.72. The highest BCUT2D eigenvalue weighted by molar-refractivity contribution is 5.57. The van der Waals surface area contributed by atoms with Crippen molar-refractivity contribution >= 4 is 5.95 Å². The van der Waals surface area contributed by atoms with Crippen LogP contribution >= 0.6 is 0 Å². The Morgan fingerprint density at radius 1 is 0.808 bits per heavy atom. The summed E-state index contributed by atoms with van der Waals surface area (Å²) >= 11 is 0. The maximum Gasteiger partial charge on any atom is 0.321 e. The summed E-state index contributed by atoms with van der Waals surface area (Å²) in [5.41, 5.74) is 0.843. The lowest BCUT2D eigenvalue weighted by atomic mass is 10.2. The van der Waals surface area contributed by atoms with E-state index in [9.17, 15) is 0 Å². The molecule has 0 spiro atoms. The van der Waals surface area contributed by atoms with Gasteiger partial charge in [0.05, 0.1) is 20.8 Å². The molecule has 0 atom stereocenters. The highest BCUT2D eigenvalue weighted by Gasteiger charge is 2.09. The fraction of sp³-hybridized carbons (Fsp3) is 0.211. The molecule has 2 aromatic carbocycles. The van der Waals surface area contributed by atoms with Crippen molar-refractivity contribution in [3.63, 3.8) is 0 Å². The SMILES string of the molecule is COc1ccc(-c2nc(NCCOc3ccccc3)nc(OC)n2)cc1. The number of nitrogens with zero attached hydrogens (tertiary/aromatic N) is 3. The van der Waals surface area contributed by atoms with E-state index in [0.29, 0.717) is 24.9 Å². The monoisotopic (exact) mass is 352 g/mol. The molecular formula is C19H20N4O3. The second-order valence-electron chi connectivity index (χ2n) is 5.29. The molecule has 0 aliphatic carbocycles. The van der Waals surface area contributed by atoms with Crippen LogP contribution in [0.15, 0.2) is 54.6 Å². The molecule has 0 aliphatic heterocycles. The number of benzene rings is 2. The van der Waals surface area contributed by atoms with E-state index in [1.165, 1.54) is 7.11 Å². The lowest BCUT2D eigenvalue weighted by Crippen LogP contribution is -2.14. The molecule has 3 rings (SSSR count). The second kappa shape index (κ2) is 8.66. The van der Waals surface area contributed by atoms with Gasteiger partial charge < -0.3 is 19.5 Å². The van der Waals surface area contributed by atoms with E-state index in [2.05, 4.69) is 20.3 Å². The number of methoxy groups -OCH3 is 2. The van der Waals surface area contributed by atoms with Crippen molar-refractivity contribution in [3.05, 3.63) is 54.6 Å².